The molecular formula is C17H21N3O5S. The van der Waals surface area contributed by atoms with Gasteiger partial charge in [0.25, 0.3) is 0 Å². The number of benzene rings is 1. The highest BCUT2D eigenvalue weighted by molar-refractivity contribution is 7.88. The van der Waals surface area contributed by atoms with Crippen LogP contribution in [0, 0.1) is 13.8 Å². The van der Waals surface area contributed by atoms with Crippen LogP contribution in [-0.2, 0) is 24.5 Å². The van der Waals surface area contributed by atoms with Crippen LogP contribution in [0.15, 0.2) is 34.4 Å². The van der Waals surface area contributed by atoms with E-state index in [2.05, 4.69) is 9.71 Å². The zero-order valence-corrected chi connectivity index (χ0v) is 15.9. The SMILES string of the molecule is CCOC(=O)C1=CN(CC(=O)Nc2ccc(C)cc2C)S(=O)(=O)N=C1C. The molecule has 1 aromatic carbocycles. The summed E-state index contributed by atoms with van der Waals surface area (Å²) >= 11 is 0. The van der Waals surface area contributed by atoms with Crippen LogP contribution in [0.4, 0.5) is 5.69 Å². The minimum absolute atomic E-state index is 0.000918. The zero-order valence-electron chi connectivity index (χ0n) is 15.1. The molecule has 0 radical (unpaired) electrons. The number of amides is 1. The van der Waals surface area contributed by atoms with Gasteiger partial charge in [0.2, 0.25) is 5.91 Å². The number of carbonyl (C=O) groups is 2. The molecule has 1 N–H and O–H groups in total. The number of hydrogen-bond donors (Lipinski definition) is 1. The number of anilines is 1. The fourth-order valence-electron chi connectivity index (χ4n) is 2.40. The van der Waals surface area contributed by atoms with Crippen molar-refractivity contribution in [2.45, 2.75) is 27.7 Å². The number of hydrogen-bond acceptors (Lipinski definition) is 5. The Morgan fingerprint density at radius 3 is 2.54 bits per heavy atom. The second kappa shape index (κ2) is 7.69. The zero-order chi connectivity index (χ0) is 19.5. The Morgan fingerprint density at radius 2 is 1.92 bits per heavy atom. The molecule has 0 fully saturated rings. The number of rotatable bonds is 5. The van der Waals surface area contributed by atoms with Crippen molar-refractivity contribution < 1.29 is 22.7 Å². The number of nitrogens with zero attached hydrogens (tertiary/aromatic N) is 2. The van der Waals surface area contributed by atoms with Crippen molar-refractivity contribution in [1.82, 2.24) is 4.31 Å². The maximum atomic E-state index is 12.3. The predicted molar refractivity (Wildman–Crippen MR) is 98.0 cm³/mol. The Bertz CT molecular complexity index is 903. The number of aryl methyl sites for hydroxylation is 2. The van der Waals surface area contributed by atoms with E-state index in [-0.39, 0.29) is 17.9 Å². The second-order valence-corrected chi connectivity index (χ2v) is 7.38. The van der Waals surface area contributed by atoms with Crippen molar-refractivity contribution >= 4 is 33.5 Å². The third-order valence-corrected chi connectivity index (χ3v) is 4.99. The lowest BCUT2D eigenvalue weighted by Crippen LogP contribution is -2.37. The summed E-state index contributed by atoms with van der Waals surface area (Å²) in [5.74, 6) is -1.24. The molecule has 1 amide bonds. The first kappa shape index (κ1) is 19.6. The third-order valence-electron chi connectivity index (χ3n) is 3.66. The van der Waals surface area contributed by atoms with Gasteiger partial charge in [-0.3, -0.25) is 4.79 Å². The van der Waals surface area contributed by atoms with Gasteiger partial charge >= 0.3 is 16.2 Å². The number of nitrogens with one attached hydrogen (secondary N) is 1. The smallest absolute Gasteiger partial charge is 0.344 e. The van der Waals surface area contributed by atoms with Crippen LogP contribution in [0.3, 0.4) is 0 Å². The van der Waals surface area contributed by atoms with Crippen molar-refractivity contribution in [2.75, 3.05) is 18.5 Å². The summed E-state index contributed by atoms with van der Waals surface area (Å²) in [5, 5.41) is 2.66. The molecule has 8 nitrogen and oxygen atoms in total. The molecule has 0 aromatic heterocycles. The predicted octanol–water partition coefficient (Wildman–Crippen LogP) is 1.71. The molecule has 0 atom stereocenters. The van der Waals surface area contributed by atoms with Gasteiger partial charge in [0, 0.05) is 11.9 Å². The van der Waals surface area contributed by atoms with Gasteiger partial charge in [-0.25, -0.2) is 9.10 Å². The molecule has 0 bridgehead atoms. The van der Waals surface area contributed by atoms with E-state index >= 15 is 0 Å². The van der Waals surface area contributed by atoms with Gasteiger partial charge in [-0.1, -0.05) is 17.7 Å². The minimum Gasteiger partial charge on any atom is -0.462 e. The fraction of sp³-hybridized carbons (Fsp3) is 0.353. The summed E-state index contributed by atoms with van der Waals surface area (Å²) in [6.07, 6.45) is 1.08. The third kappa shape index (κ3) is 4.48. The maximum absolute atomic E-state index is 12.3. The standard InChI is InChI=1S/C17H21N3O5S/c1-5-25-17(22)14-9-20(26(23,24)19-13(14)4)10-16(21)18-15-7-6-11(2)8-12(15)3/h6-9H,5,10H2,1-4H3,(H,18,21). The van der Waals surface area contributed by atoms with E-state index in [1.54, 1.807) is 13.0 Å². The molecule has 0 spiro atoms. The summed E-state index contributed by atoms with van der Waals surface area (Å²) < 4.78 is 33.5. The topological polar surface area (TPSA) is 105 Å². The van der Waals surface area contributed by atoms with Crippen LogP contribution >= 0.6 is 0 Å². The molecule has 1 aromatic rings. The first-order valence-corrected chi connectivity index (χ1v) is 9.38. The Hall–Kier alpha value is -2.68. The molecule has 0 unspecified atom stereocenters. The number of esters is 1. The second-order valence-electron chi connectivity index (χ2n) is 5.83. The van der Waals surface area contributed by atoms with Gasteiger partial charge in [-0.05, 0) is 39.3 Å². The number of ether oxygens (including phenoxy) is 1. The van der Waals surface area contributed by atoms with E-state index in [4.69, 9.17) is 4.74 Å². The minimum atomic E-state index is -4.08. The first-order valence-electron chi connectivity index (χ1n) is 7.98. The highest BCUT2D eigenvalue weighted by atomic mass is 32.2. The van der Waals surface area contributed by atoms with Gasteiger partial charge in [0.1, 0.15) is 6.54 Å². The van der Waals surface area contributed by atoms with Crippen LogP contribution < -0.4 is 5.32 Å². The van der Waals surface area contributed by atoms with Crippen molar-refractivity contribution in [3.8, 4) is 0 Å². The van der Waals surface area contributed by atoms with Crippen LogP contribution in [0.25, 0.3) is 0 Å². The van der Waals surface area contributed by atoms with Gasteiger partial charge < -0.3 is 10.1 Å². The lowest BCUT2D eigenvalue weighted by atomic mass is 10.1. The Balaban J connectivity index is 2.20. The average Bonchev–Trinajstić information content (AvgIpc) is 2.52. The molecule has 1 aliphatic rings. The largest absolute Gasteiger partial charge is 0.462 e. The lowest BCUT2D eigenvalue weighted by molar-refractivity contribution is -0.138. The molecule has 26 heavy (non-hydrogen) atoms. The quantitative estimate of drug-likeness (QED) is 0.784. The van der Waals surface area contributed by atoms with Crippen molar-refractivity contribution in [2.24, 2.45) is 4.40 Å². The molecule has 2 rings (SSSR count). The molecule has 140 valence electrons. The summed E-state index contributed by atoms with van der Waals surface area (Å²) in [7, 11) is -4.08. The molecule has 1 aliphatic heterocycles. The lowest BCUT2D eigenvalue weighted by Gasteiger charge is -2.23. The molecule has 0 aliphatic carbocycles. The Labute approximate surface area is 152 Å². The maximum Gasteiger partial charge on any atom is 0.344 e. The van der Waals surface area contributed by atoms with Gasteiger partial charge in [-0.15, -0.1) is 4.40 Å². The van der Waals surface area contributed by atoms with E-state index in [9.17, 15) is 18.0 Å². The fourth-order valence-corrected chi connectivity index (χ4v) is 3.47. The van der Waals surface area contributed by atoms with Crippen molar-refractivity contribution in [3.63, 3.8) is 0 Å². The van der Waals surface area contributed by atoms with Crippen LogP contribution in [0.1, 0.15) is 25.0 Å². The van der Waals surface area contributed by atoms with E-state index < -0.39 is 28.6 Å². The van der Waals surface area contributed by atoms with E-state index in [0.29, 0.717) is 5.69 Å². The van der Waals surface area contributed by atoms with Crippen molar-refractivity contribution in [1.29, 1.82) is 0 Å². The Morgan fingerprint density at radius 1 is 1.23 bits per heavy atom. The Kier molecular flexibility index (Phi) is 5.81. The highest BCUT2D eigenvalue weighted by Gasteiger charge is 2.30. The van der Waals surface area contributed by atoms with E-state index in [1.807, 2.05) is 26.0 Å². The van der Waals surface area contributed by atoms with Crippen LogP contribution in [0.2, 0.25) is 0 Å². The molecule has 9 heteroatoms. The summed E-state index contributed by atoms with van der Waals surface area (Å²) in [5.41, 5.74) is 2.52. The summed E-state index contributed by atoms with van der Waals surface area (Å²) in [6, 6.07) is 5.49. The van der Waals surface area contributed by atoms with Gasteiger partial charge in [0.15, 0.2) is 0 Å². The first-order chi connectivity index (χ1) is 12.1. The molecular weight excluding hydrogens is 358 g/mol. The summed E-state index contributed by atoms with van der Waals surface area (Å²) in [4.78, 5) is 24.2. The molecule has 0 saturated heterocycles. The van der Waals surface area contributed by atoms with E-state index in [1.165, 1.54) is 6.92 Å². The normalized spacial score (nSPS) is 15.8. The highest BCUT2D eigenvalue weighted by Crippen LogP contribution is 2.19. The van der Waals surface area contributed by atoms with Gasteiger partial charge in [-0.2, -0.15) is 8.42 Å². The monoisotopic (exact) mass is 379 g/mol. The summed E-state index contributed by atoms with van der Waals surface area (Å²) in [6.45, 7) is 6.44. The van der Waals surface area contributed by atoms with Crippen LogP contribution in [-0.4, -0.2) is 43.5 Å². The molecule has 0 saturated carbocycles. The average molecular weight is 379 g/mol. The van der Waals surface area contributed by atoms with E-state index in [0.717, 1.165) is 21.6 Å². The van der Waals surface area contributed by atoms with Crippen molar-refractivity contribution in [3.05, 3.63) is 41.1 Å². The van der Waals surface area contributed by atoms with Gasteiger partial charge in [0.05, 0.1) is 17.9 Å². The van der Waals surface area contributed by atoms with Crippen LogP contribution in [0.5, 0.6) is 0 Å². The molecule has 1 heterocycles. The number of carbonyl (C=O) groups excluding carboxylic acids is 2.